The van der Waals surface area contributed by atoms with Crippen molar-refractivity contribution in [1.82, 2.24) is 5.32 Å². The molecule has 0 aliphatic carbocycles. The van der Waals surface area contributed by atoms with Crippen molar-refractivity contribution in [3.05, 3.63) is 42.0 Å². The Bertz CT molecular complexity index is 874. The Labute approximate surface area is 167 Å². The van der Waals surface area contributed by atoms with Gasteiger partial charge in [-0.3, -0.25) is 8.98 Å². The summed E-state index contributed by atoms with van der Waals surface area (Å²) >= 11 is 0. The monoisotopic (exact) mass is 407 g/mol. The molecule has 2 aromatic carbocycles. The molecule has 0 saturated heterocycles. The predicted molar refractivity (Wildman–Crippen MR) is 111 cm³/mol. The number of carbonyl (C=O) groups excluding carboxylic acids is 1. The molecular weight excluding hydrogens is 378 g/mol. The Balaban J connectivity index is 1.85. The van der Waals surface area contributed by atoms with Crippen LogP contribution in [0.15, 0.2) is 36.4 Å². The van der Waals surface area contributed by atoms with Crippen LogP contribution in [0.2, 0.25) is 0 Å². The standard InChI is InChI=1S/C21H29NO5S/c1-17(23)22-14-13-19-10-7-9-18-11-8-12-20(21(18)19)26-15-5-3-4-6-16-27-28(2,24)25/h7-12H,3-6,13-16H2,1-2H3,(H,22,23). The van der Waals surface area contributed by atoms with E-state index in [0.29, 0.717) is 19.6 Å². The molecule has 7 heteroatoms. The van der Waals surface area contributed by atoms with E-state index in [1.54, 1.807) is 0 Å². The lowest BCUT2D eigenvalue weighted by Crippen LogP contribution is -2.22. The first kappa shape index (κ1) is 22.2. The quantitative estimate of drug-likeness (QED) is 0.431. The van der Waals surface area contributed by atoms with Crippen LogP contribution in [-0.2, 0) is 25.5 Å². The summed E-state index contributed by atoms with van der Waals surface area (Å²) in [4.78, 5) is 11.1. The highest BCUT2D eigenvalue weighted by atomic mass is 32.2. The number of hydrogen-bond donors (Lipinski definition) is 1. The van der Waals surface area contributed by atoms with Crippen LogP contribution in [-0.4, -0.2) is 40.3 Å². The fourth-order valence-corrected chi connectivity index (χ4v) is 3.45. The molecule has 0 heterocycles. The Morgan fingerprint density at radius 3 is 2.36 bits per heavy atom. The lowest BCUT2D eigenvalue weighted by molar-refractivity contribution is -0.118. The summed E-state index contributed by atoms with van der Waals surface area (Å²) in [5, 5.41) is 5.05. The molecule has 2 rings (SSSR count). The number of fused-ring (bicyclic) bond motifs is 1. The van der Waals surface area contributed by atoms with Gasteiger partial charge in [-0.15, -0.1) is 0 Å². The number of benzene rings is 2. The Hall–Kier alpha value is -2.12. The van der Waals surface area contributed by atoms with Crippen molar-refractivity contribution in [1.29, 1.82) is 0 Å². The third-order valence-electron chi connectivity index (χ3n) is 4.31. The molecule has 0 saturated carbocycles. The van der Waals surface area contributed by atoms with Gasteiger partial charge < -0.3 is 10.1 Å². The highest BCUT2D eigenvalue weighted by molar-refractivity contribution is 7.85. The summed E-state index contributed by atoms with van der Waals surface area (Å²) in [6.45, 7) is 2.95. The molecule has 154 valence electrons. The van der Waals surface area contributed by atoms with Crippen LogP contribution in [0.1, 0.15) is 38.2 Å². The fourth-order valence-electron chi connectivity index (χ4n) is 3.03. The molecule has 0 radical (unpaired) electrons. The van der Waals surface area contributed by atoms with E-state index in [2.05, 4.69) is 23.5 Å². The maximum Gasteiger partial charge on any atom is 0.264 e. The second-order valence-corrected chi connectivity index (χ2v) is 8.44. The third-order valence-corrected chi connectivity index (χ3v) is 4.91. The molecule has 0 spiro atoms. The molecule has 0 aromatic heterocycles. The van der Waals surface area contributed by atoms with Gasteiger partial charge in [0.2, 0.25) is 5.91 Å². The third kappa shape index (κ3) is 7.86. The molecule has 28 heavy (non-hydrogen) atoms. The molecule has 0 aliphatic rings. The number of hydrogen-bond acceptors (Lipinski definition) is 5. The van der Waals surface area contributed by atoms with Gasteiger partial charge in [0.1, 0.15) is 5.75 Å². The predicted octanol–water partition coefficient (Wildman–Crippen LogP) is 3.43. The minimum atomic E-state index is -3.34. The van der Waals surface area contributed by atoms with Crippen molar-refractivity contribution in [3.8, 4) is 5.75 Å². The molecule has 1 amide bonds. The van der Waals surface area contributed by atoms with Gasteiger partial charge in [0.25, 0.3) is 10.1 Å². The topological polar surface area (TPSA) is 81.7 Å². The van der Waals surface area contributed by atoms with Crippen LogP contribution in [0.25, 0.3) is 10.8 Å². The molecule has 2 aromatic rings. The van der Waals surface area contributed by atoms with E-state index < -0.39 is 10.1 Å². The van der Waals surface area contributed by atoms with Crippen LogP contribution >= 0.6 is 0 Å². The van der Waals surface area contributed by atoms with Gasteiger partial charge in [-0.2, -0.15) is 8.42 Å². The van der Waals surface area contributed by atoms with E-state index in [1.807, 2.05) is 18.2 Å². The van der Waals surface area contributed by atoms with Gasteiger partial charge in [-0.1, -0.05) is 36.8 Å². The smallest absolute Gasteiger partial charge is 0.264 e. The summed E-state index contributed by atoms with van der Waals surface area (Å²) in [6, 6.07) is 12.2. The van der Waals surface area contributed by atoms with Crippen LogP contribution in [0, 0.1) is 0 Å². The van der Waals surface area contributed by atoms with E-state index in [-0.39, 0.29) is 12.5 Å². The largest absolute Gasteiger partial charge is 0.493 e. The van der Waals surface area contributed by atoms with Crippen LogP contribution in [0.4, 0.5) is 0 Å². The Morgan fingerprint density at radius 2 is 1.68 bits per heavy atom. The molecule has 1 N–H and O–H groups in total. The summed E-state index contributed by atoms with van der Waals surface area (Å²) in [5.41, 5.74) is 1.15. The van der Waals surface area contributed by atoms with E-state index in [0.717, 1.165) is 54.0 Å². The van der Waals surface area contributed by atoms with Crippen LogP contribution in [0.3, 0.4) is 0 Å². The number of nitrogens with one attached hydrogen (secondary N) is 1. The minimum absolute atomic E-state index is 0.0290. The van der Waals surface area contributed by atoms with Gasteiger partial charge in [-0.25, -0.2) is 0 Å². The number of unbranched alkanes of at least 4 members (excludes halogenated alkanes) is 3. The zero-order chi connectivity index (χ0) is 20.4. The highest BCUT2D eigenvalue weighted by Crippen LogP contribution is 2.29. The number of carbonyl (C=O) groups is 1. The summed E-state index contributed by atoms with van der Waals surface area (Å²) in [7, 11) is -3.34. The highest BCUT2D eigenvalue weighted by Gasteiger charge is 2.08. The number of amides is 1. The van der Waals surface area contributed by atoms with Crippen molar-refractivity contribution in [2.45, 2.75) is 39.0 Å². The van der Waals surface area contributed by atoms with Gasteiger partial charge in [0, 0.05) is 18.9 Å². The number of ether oxygens (including phenoxy) is 1. The Morgan fingerprint density at radius 1 is 1.00 bits per heavy atom. The van der Waals surface area contributed by atoms with Crippen molar-refractivity contribution in [2.24, 2.45) is 0 Å². The van der Waals surface area contributed by atoms with Gasteiger partial charge in [0.15, 0.2) is 0 Å². The molecule has 0 bridgehead atoms. The van der Waals surface area contributed by atoms with Gasteiger partial charge in [0.05, 0.1) is 19.5 Å². The molecule has 0 aliphatic heterocycles. The second-order valence-electron chi connectivity index (χ2n) is 6.79. The first-order valence-electron chi connectivity index (χ1n) is 9.59. The minimum Gasteiger partial charge on any atom is -0.493 e. The van der Waals surface area contributed by atoms with Crippen molar-refractivity contribution in [3.63, 3.8) is 0 Å². The second kappa shape index (κ2) is 11.0. The number of rotatable bonds is 12. The van der Waals surface area contributed by atoms with Gasteiger partial charge in [-0.05, 0) is 42.7 Å². The van der Waals surface area contributed by atoms with Crippen LogP contribution in [0.5, 0.6) is 5.75 Å². The van der Waals surface area contributed by atoms with E-state index in [9.17, 15) is 13.2 Å². The van der Waals surface area contributed by atoms with E-state index in [1.165, 1.54) is 6.92 Å². The molecule has 0 fully saturated rings. The summed E-state index contributed by atoms with van der Waals surface area (Å²) in [5.74, 6) is 0.829. The summed E-state index contributed by atoms with van der Waals surface area (Å²) in [6.07, 6.45) is 5.27. The average molecular weight is 408 g/mol. The molecule has 6 nitrogen and oxygen atoms in total. The lowest BCUT2D eigenvalue weighted by Gasteiger charge is -2.13. The van der Waals surface area contributed by atoms with Crippen molar-refractivity contribution >= 4 is 26.8 Å². The van der Waals surface area contributed by atoms with Crippen LogP contribution < -0.4 is 10.1 Å². The van der Waals surface area contributed by atoms with Crippen molar-refractivity contribution in [2.75, 3.05) is 26.0 Å². The van der Waals surface area contributed by atoms with E-state index >= 15 is 0 Å². The SMILES string of the molecule is CC(=O)NCCc1cccc2cccc(OCCCCCCOS(C)(=O)=O)c12. The zero-order valence-electron chi connectivity index (χ0n) is 16.6. The first-order chi connectivity index (χ1) is 13.4. The lowest BCUT2D eigenvalue weighted by atomic mass is 10.0. The maximum absolute atomic E-state index is 11.1. The zero-order valence-corrected chi connectivity index (χ0v) is 17.4. The summed E-state index contributed by atoms with van der Waals surface area (Å²) < 4.78 is 32.6. The maximum atomic E-state index is 11.1. The molecule has 0 atom stereocenters. The van der Waals surface area contributed by atoms with E-state index in [4.69, 9.17) is 8.92 Å². The average Bonchev–Trinajstić information content (AvgIpc) is 2.63. The molecule has 0 unspecified atom stereocenters. The fraction of sp³-hybridized carbons (Fsp3) is 0.476. The Kier molecular flexibility index (Phi) is 8.73. The van der Waals surface area contributed by atoms with Gasteiger partial charge >= 0.3 is 0 Å². The normalized spacial score (nSPS) is 11.5. The molecular formula is C21H29NO5S. The van der Waals surface area contributed by atoms with Crippen molar-refractivity contribution < 1.29 is 22.1 Å². The first-order valence-corrected chi connectivity index (χ1v) is 11.4.